The predicted octanol–water partition coefficient (Wildman–Crippen LogP) is 2.83. The van der Waals surface area contributed by atoms with Crippen molar-refractivity contribution >= 4 is 11.6 Å². The quantitative estimate of drug-likeness (QED) is 0.524. The number of hydrogen-bond acceptors (Lipinski definition) is 2. The van der Waals surface area contributed by atoms with E-state index < -0.39 is 0 Å². The Morgan fingerprint density at radius 2 is 2.00 bits per heavy atom. The maximum atomic E-state index is 6.09. The number of alkyl halides is 1. The molecule has 2 atom stereocenters. The number of halogens is 1. The van der Waals surface area contributed by atoms with Gasteiger partial charge < -0.3 is 9.47 Å². The second kappa shape index (κ2) is 4.82. The second-order valence-corrected chi connectivity index (χ2v) is 5.33. The first-order chi connectivity index (χ1) is 6.44. The van der Waals surface area contributed by atoms with Gasteiger partial charge in [0.25, 0.3) is 0 Å². The van der Waals surface area contributed by atoms with E-state index in [0.717, 1.165) is 6.42 Å². The highest BCUT2D eigenvalue weighted by atomic mass is 35.5. The van der Waals surface area contributed by atoms with Crippen molar-refractivity contribution in [1.29, 1.82) is 0 Å². The molecule has 0 bridgehead atoms. The van der Waals surface area contributed by atoms with Crippen LogP contribution in [0.5, 0.6) is 0 Å². The Kier molecular flexibility index (Phi) is 4.23. The zero-order valence-corrected chi connectivity index (χ0v) is 10.3. The lowest BCUT2D eigenvalue weighted by atomic mass is 9.68. The monoisotopic (exact) mass is 220 g/mol. The van der Waals surface area contributed by atoms with Crippen molar-refractivity contribution in [2.75, 3.05) is 13.2 Å². The molecule has 0 aromatic heterocycles. The van der Waals surface area contributed by atoms with E-state index in [2.05, 4.69) is 13.8 Å². The fourth-order valence-corrected chi connectivity index (χ4v) is 1.90. The molecule has 1 aliphatic rings. The molecule has 3 heteroatoms. The van der Waals surface area contributed by atoms with Crippen LogP contribution in [0.2, 0.25) is 0 Å². The van der Waals surface area contributed by atoms with E-state index in [1.54, 1.807) is 0 Å². The summed E-state index contributed by atoms with van der Waals surface area (Å²) in [5.41, 5.74) is 0.124. The van der Waals surface area contributed by atoms with Crippen LogP contribution in [0.15, 0.2) is 0 Å². The van der Waals surface area contributed by atoms with Gasteiger partial charge in [0, 0.05) is 10.8 Å². The van der Waals surface area contributed by atoms with Crippen molar-refractivity contribution in [3.63, 3.8) is 0 Å². The van der Waals surface area contributed by atoms with Crippen LogP contribution in [-0.4, -0.2) is 30.8 Å². The van der Waals surface area contributed by atoms with Gasteiger partial charge in [-0.1, -0.05) is 13.8 Å². The summed E-state index contributed by atoms with van der Waals surface area (Å²) in [5.74, 6) is 0. The number of rotatable bonds is 5. The highest BCUT2D eigenvalue weighted by Gasteiger charge is 2.47. The fraction of sp³-hybridized carbons (Fsp3) is 1.00. The van der Waals surface area contributed by atoms with Gasteiger partial charge in [0.2, 0.25) is 0 Å². The molecule has 0 aromatic carbocycles. The molecule has 0 amide bonds. The molecular weight excluding hydrogens is 200 g/mol. The van der Waals surface area contributed by atoms with E-state index in [1.807, 2.05) is 13.8 Å². The van der Waals surface area contributed by atoms with Crippen molar-refractivity contribution in [1.82, 2.24) is 0 Å². The van der Waals surface area contributed by atoms with Gasteiger partial charge in [0.1, 0.15) is 0 Å². The van der Waals surface area contributed by atoms with E-state index >= 15 is 0 Å². The molecule has 0 saturated heterocycles. The molecule has 1 rings (SSSR count). The van der Waals surface area contributed by atoms with Crippen molar-refractivity contribution in [2.45, 2.75) is 51.7 Å². The Balaban J connectivity index is 2.09. The Morgan fingerprint density at radius 3 is 2.43 bits per heavy atom. The SMILES string of the molecule is CC(C)OCCOC1CC(Cl)C1(C)C. The van der Waals surface area contributed by atoms with E-state index in [4.69, 9.17) is 21.1 Å². The minimum atomic E-state index is 0.124. The molecule has 0 spiro atoms. The Morgan fingerprint density at radius 1 is 1.36 bits per heavy atom. The van der Waals surface area contributed by atoms with Gasteiger partial charge in [-0.15, -0.1) is 11.6 Å². The number of ether oxygens (including phenoxy) is 2. The van der Waals surface area contributed by atoms with Gasteiger partial charge in [0.15, 0.2) is 0 Å². The minimum absolute atomic E-state index is 0.124. The smallest absolute Gasteiger partial charge is 0.0704 e. The van der Waals surface area contributed by atoms with Gasteiger partial charge in [-0.3, -0.25) is 0 Å². The molecule has 0 aromatic rings. The first kappa shape index (κ1) is 12.3. The summed E-state index contributed by atoms with van der Waals surface area (Å²) in [5, 5.41) is 0.263. The molecule has 0 radical (unpaired) electrons. The Bertz CT molecular complexity index is 180. The summed E-state index contributed by atoms with van der Waals surface area (Å²) in [6.07, 6.45) is 1.56. The molecule has 1 aliphatic carbocycles. The van der Waals surface area contributed by atoms with Crippen LogP contribution in [0.4, 0.5) is 0 Å². The molecule has 0 aliphatic heterocycles. The van der Waals surface area contributed by atoms with Crippen LogP contribution in [-0.2, 0) is 9.47 Å². The van der Waals surface area contributed by atoms with Crippen LogP contribution < -0.4 is 0 Å². The normalized spacial score (nSPS) is 30.4. The van der Waals surface area contributed by atoms with Gasteiger partial charge >= 0.3 is 0 Å². The molecule has 1 fully saturated rings. The van der Waals surface area contributed by atoms with Gasteiger partial charge in [-0.2, -0.15) is 0 Å². The standard InChI is InChI=1S/C11H21ClO2/c1-8(2)13-5-6-14-10-7-9(12)11(10,3)4/h8-10H,5-7H2,1-4H3. The van der Waals surface area contributed by atoms with Crippen molar-refractivity contribution < 1.29 is 9.47 Å². The Hall–Kier alpha value is 0.210. The average molecular weight is 221 g/mol. The van der Waals surface area contributed by atoms with Crippen LogP contribution >= 0.6 is 11.6 Å². The highest BCUT2D eigenvalue weighted by Crippen LogP contribution is 2.46. The van der Waals surface area contributed by atoms with Crippen LogP contribution in [0.3, 0.4) is 0 Å². The minimum Gasteiger partial charge on any atom is -0.376 e. The third-order valence-electron chi connectivity index (χ3n) is 2.91. The first-order valence-electron chi connectivity index (χ1n) is 5.32. The molecule has 0 heterocycles. The van der Waals surface area contributed by atoms with Gasteiger partial charge in [0.05, 0.1) is 25.4 Å². The summed E-state index contributed by atoms with van der Waals surface area (Å²) in [6.45, 7) is 9.72. The molecule has 1 saturated carbocycles. The molecule has 14 heavy (non-hydrogen) atoms. The lowest BCUT2D eigenvalue weighted by Crippen LogP contribution is -2.52. The topological polar surface area (TPSA) is 18.5 Å². The van der Waals surface area contributed by atoms with E-state index in [-0.39, 0.29) is 16.9 Å². The average Bonchev–Trinajstić information content (AvgIpc) is 2.10. The fourth-order valence-electron chi connectivity index (χ4n) is 1.59. The van der Waals surface area contributed by atoms with E-state index in [1.165, 1.54) is 0 Å². The largest absolute Gasteiger partial charge is 0.376 e. The zero-order valence-electron chi connectivity index (χ0n) is 9.55. The van der Waals surface area contributed by atoms with Crippen LogP contribution in [0.25, 0.3) is 0 Å². The molecule has 0 N–H and O–H groups in total. The van der Waals surface area contributed by atoms with Gasteiger partial charge in [-0.25, -0.2) is 0 Å². The lowest BCUT2D eigenvalue weighted by molar-refractivity contribution is -0.105. The maximum Gasteiger partial charge on any atom is 0.0704 e. The van der Waals surface area contributed by atoms with Crippen molar-refractivity contribution in [3.05, 3.63) is 0 Å². The second-order valence-electron chi connectivity index (χ2n) is 4.80. The first-order valence-corrected chi connectivity index (χ1v) is 5.75. The number of hydrogen-bond donors (Lipinski definition) is 0. The van der Waals surface area contributed by atoms with Crippen molar-refractivity contribution in [2.24, 2.45) is 5.41 Å². The van der Waals surface area contributed by atoms with E-state index in [0.29, 0.717) is 19.3 Å². The van der Waals surface area contributed by atoms with Crippen molar-refractivity contribution in [3.8, 4) is 0 Å². The van der Waals surface area contributed by atoms with Gasteiger partial charge in [-0.05, 0) is 20.3 Å². The zero-order chi connectivity index (χ0) is 10.8. The van der Waals surface area contributed by atoms with Crippen LogP contribution in [0, 0.1) is 5.41 Å². The molecule has 2 nitrogen and oxygen atoms in total. The predicted molar refractivity (Wildman–Crippen MR) is 58.9 cm³/mol. The summed E-state index contributed by atoms with van der Waals surface area (Å²) in [6, 6.07) is 0. The lowest BCUT2D eigenvalue weighted by Gasteiger charge is -2.48. The maximum absolute atomic E-state index is 6.09. The summed E-state index contributed by atoms with van der Waals surface area (Å²) < 4.78 is 11.1. The summed E-state index contributed by atoms with van der Waals surface area (Å²) in [7, 11) is 0. The molecule has 84 valence electrons. The third-order valence-corrected chi connectivity index (χ3v) is 3.65. The van der Waals surface area contributed by atoms with Crippen LogP contribution in [0.1, 0.15) is 34.1 Å². The van der Waals surface area contributed by atoms with E-state index in [9.17, 15) is 0 Å². The summed E-state index contributed by atoms with van der Waals surface area (Å²) in [4.78, 5) is 0. The molecule has 2 unspecified atom stereocenters. The third kappa shape index (κ3) is 2.85. The Labute approximate surface area is 91.9 Å². The molecular formula is C11H21ClO2. The summed E-state index contributed by atoms with van der Waals surface area (Å²) >= 11 is 6.09. The highest BCUT2D eigenvalue weighted by molar-refractivity contribution is 6.21.